The van der Waals surface area contributed by atoms with Crippen LogP contribution in [0.5, 0.6) is 0 Å². The van der Waals surface area contributed by atoms with Crippen molar-refractivity contribution in [2.45, 2.75) is 32.7 Å². The molecule has 2 aliphatic heterocycles. The number of hydrogen-bond acceptors (Lipinski definition) is 2. The Bertz CT molecular complexity index is 182. The normalized spacial score (nSPS) is 28.1. The highest BCUT2D eigenvalue weighted by Crippen LogP contribution is 2.21. The Labute approximate surface area is 80.7 Å². The number of hydrogen-bond donors (Lipinski definition) is 0. The number of piperazine rings is 1. The summed E-state index contributed by atoms with van der Waals surface area (Å²) in [5.74, 6) is 0.321. The summed E-state index contributed by atoms with van der Waals surface area (Å²) in [6, 6.07) is 0.529. The van der Waals surface area contributed by atoms with Gasteiger partial charge in [-0.05, 0) is 19.9 Å². The molecule has 0 aromatic carbocycles. The van der Waals surface area contributed by atoms with Crippen LogP contribution in [-0.2, 0) is 4.79 Å². The van der Waals surface area contributed by atoms with Crippen LogP contribution in [-0.4, -0.2) is 48.4 Å². The molecule has 1 unspecified atom stereocenters. The first-order chi connectivity index (χ1) is 6.27. The Morgan fingerprint density at radius 2 is 2.08 bits per heavy atom. The van der Waals surface area contributed by atoms with Gasteiger partial charge in [-0.25, -0.2) is 0 Å². The van der Waals surface area contributed by atoms with E-state index in [9.17, 15) is 4.79 Å². The SMILES string of the molecule is CC.CN1CC(=O)N2CCCC2C1. The molecule has 0 aromatic rings. The van der Waals surface area contributed by atoms with E-state index in [1.807, 2.05) is 25.8 Å². The summed E-state index contributed by atoms with van der Waals surface area (Å²) in [6.07, 6.45) is 2.40. The fourth-order valence-corrected chi connectivity index (χ4v) is 2.10. The summed E-state index contributed by atoms with van der Waals surface area (Å²) in [5.41, 5.74) is 0. The highest BCUT2D eigenvalue weighted by molar-refractivity contribution is 5.79. The number of rotatable bonds is 0. The first-order valence-electron chi connectivity index (χ1n) is 5.25. The summed E-state index contributed by atoms with van der Waals surface area (Å²) < 4.78 is 0. The molecule has 0 aromatic heterocycles. The molecule has 0 spiro atoms. The lowest BCUT2D eigenvalue weighted by molar-refractivity contribution is -0.136. The van der Waals surface area contributed by atoms with Gasteiger partial charge in [-0.1, -0.05) is 13.8 Å². The molecular formula is C10H20N2O. The topological polar surface area (TPSA) is 23.6 Å². The van der Waals surface area contributed by atoms with Crippen molar-refractivity contribution in [2.24, 2.45) is 0 Å². The predicted molar refractivity (Wildman–Crippen MR) is 53.6 cm³/mol. The molecule has 3 nitrogen and oxygen atoms in total. The molecule has 2 aliphatic rings. The number of carbonyl (C=O) groups is 1. The molecule has 1 amide bonds. The summed E-state index contributed by atoms with van der Waals surface area (Å²) in [6.45, 7) is 6.69. The van der Waals surface area contributed by atoms with E-state index in [0.717, 1.165) is 13.1 Å². The number of likely N-dealkylation sites (N-methyl/N-ethyl adjacent to an activating group) is 1. The molecule has 1 atom stereocenters. The molecule has 2 heterocycles. The van der Waals surface area contributed by atoms with Gasteiger partial charge < -0.3 is 4.90 Å². The van der Waals surface area contributed by atoms with Gasteiger partial charge in [-0.3, -0.25) is 9.69 Å². The fourth-order valence-electron chi connectivity index (χ4n) is 2.10. The third-order valence-corrected chi connectivity index (χ3v) is 2.63. The zero-order valence-electron chi connectivity index (χ0n) is 8.92. The van der Waals surface area contributed by atoms with E-state index in [4.69, 9.17) is 0 Å². The Hall–Kier alpha value is -0.570. The summed E-state index contributed by atoms with van der Waals surface area (Å²) in [4.78, 5) is 15.5. The van der Waals surface area contributed by atoms with Gasteiger partial charge in [0.25, 0.3) is 0 Å². The van der Waals surface area contributed by atoms with Crippen molar-refractivity contribution in [2.75, 3.05) is 26.7 Å². The highest BCUT2D eigenvalue weighted by atomic mass is 16.2. The third-order valence-electron chi connectivity index (χ3n) is 2.63. The van der Waals surface area contributed by atoms with Gasteiger partial charge in [0, 0.05) is 19.1 Å². The molecule has 3 heteroatoms. The van der Waals surface area contributed by atoms with Crippen molar-refractivity contribution in [3.8, 4) is 0 Å². The largest absolute Gasteiger partial charge is 0.337 e. The van der Waals surface area contributed by atoms with Gasteiger partial charge in [0.15, 0.2) is 0 Å². The number of carbonyl (C=O) groups excluding carboxylic acids is 1. The molecule has 0 radical (unpaired) electrons. The lowest BCUT2D eigenvalue weighted by Gasteiger charge is -2.34. The van der Waals surface area contributed by atoms with Crippen LogP contribution in [0.25, 0.3) is 0 Å². The van der Waals surface area contributed by atoms with E-state index in [1.165, 1.54) is 12.8 Å². The highest BCUT2D eigenvalue weighted by Gasteiger charge is 2.33. The second kappa shape index (κ2) is 4.61. The van der Waals surface area contributed by atoms with Crippen LogP contribution < -0.4 is 0 Å². The maximum absolute atomic E-state index is 11.4. The first-order valence-corrected chi connectivity index (χ1v) is 5.25. The maximum Gasteiger partial charge on any atom is 0.237 e. The molecule has 2 saturated heterocycles. The third kappa shape index (κ3) is 2.21. The Kier molecular flexibility index (Phi) is 3.72. The quantitative estimate of drug-likeness (QED) is 0.559. The minimum absolute atomic E-state index is 0.321. The van der Waals surface area contributed by atoms with Crippen molar-refractivity contribution in [1.29, 1.82) is 0 Å². The second-order valence-electron chi connectivity index (χ2n) is 3.58. The summed E-state index contributed by atoms with van der Waals surface area (Å²) in [7, 11) is 2.02. The van der Waals surface area contributed by atoms with Crippen LogP contribution in [0.4, 0.5) is 0 Å². The van der Waals surface area contributed by atoms with Crippen LogP contribution >= 0.6 is 0 Å². The Morgan fingerprint density at radius 3 is 2.77 bits per heavy atom. The first kappa shape index (κ1) is 10.5. The molecular weight excluding hydrogens is 164 g/mol. The van der Waals surface area contributed by atoms with Crippen LogP contribution in [0.15, 0.2) is 0 Å². The molecule has 0 aliphatic carbocycles. The summed E-state index contributed by atoms with van der Waals surface area (Å²) >= 11 is 0. The van der Waals surface area contributed by atoms with Gasteiger partial charge in [0.1, 0.15) is 0 Å². The zero-order chi connectivity index (χ0) is 9.84. The lowest BCUT2D eigenvalue weighted by atomic mass is 10.2. The number of nitrogens with zero attached hydrogens (tertiary/aromatic N) is 2. The number of amides is 1. The van der Waals surface area contributed by atoms with Crippen LogP contribution in [0.1, 0.15) is 26.7 Å². The standard InChI is InChI=1S/C8H14N2O.C2H6/c1-9-5-7-3-2-4-10(7)8(11)6-9;1-2/h7H,2-6H2,1H3;1-2H3. The molecule has 0 N–H and O–H groups in total. The van der Waals surface area contributed by atoms with Gasteiger partial charge in [-0.2, -0.15) is 0 Å². The van der Waals surface area contributed by atoms with Crippen LogP contribution in [0, 0.1) is 0 Å². The summed E-state index contributed by atoms with van der Waals surface area (Å²) in [5, 5.41) is 0. The molecule has 2 fully saturated rings. The van der Waals surface area contributed by atoms with Crippen LogP contribution in [0.3, 0.4) is 0 Å². The van der Waals surface area contributed by atoms with Crippen LogP contribution in [0.2, 0.25) is 0 Å². The maximum atomic E-state index is 11.4. The van der Waals surface area contributed by atoms with Gasteiger partial charge >= 0.3 is 0 Å². The van der Waals surface area contributed by atoms with Gasteiger partial charge in [0.05, 0.1) is 6.54 Å². The molecule has 0 saturated carbocycles. The van der Waals surface area contributed by atoms with E-state index in [1.54, 1.807) is 0 Å². The van der Waals surface area contributed by atoms with Gasteiger partial charge in [0.2, 0.25) is 5.91 Å². The molecule has 0 bridgehead atoms. The predicted octanol–water partition coefficient (Wildman–Crippen LogP) is 0.949. The van der Waals surface area contributed by atoms with E-state index in [0.29, 0.717) is 18.5 Å². The number of fused-ring (bicyclic) bond motifs is 1. The molecule has 76 valence electrons. The molecule has 13 heavy (non-hydrogen) atoms. The Balaban J connectivity index is 0.000000396. The van der Waals surface area contributed by atoms with Crippen molar-refractivity contribution >= 4 is 5.91 Å². The van der Waals surface area contributed by atoms with Crippen molar-refractivity contribution in [3.63, 3.8) is 0 Å². The van der Waals surface area contributed by atoms with Gasteiger partial charge in [-0.15, -0.1) is 0 Å². The van der Waals surface area contributed by atoms with Crippen molar-refractivity contribution in [3.05, 3.63) is 0 Å². The van der Waals surface area contributed by atoms with E-state index in [2.05, 4.69) is 4.90 Å². The minimum atomic E-state index is 0.321. The lowest BCUT2D eigenvalue weighted by Crippen LogP contribution is -2.52. The molecule has 2 rings (SSSR count). The average Bonchev–Trinajstić information content (AvgIpc) is 2.55. The van der Waals surface area contributed by atoms with Crippen molar-refractivity contribution in [1.82, 2.24) is 9.80 Å². The second-order valence-corrected chi connectivity index (χ2v) is 3.58. The zero-order valence-corrected chi connectivity index (χ0v) is 8.92. The monoisotopic (exact) mass is 184 g/mol. The van der Waals surface area contributed by atoms with E-state index < -0.39 is 0 Å². The van der Waals surface area contributed by atoms with Crippen molar-refractivity contribution < 1.29 is 4.79 Å². The average molecular weight is 184 g/mol. The Morgan fingerprint density at radius 1 is 1.38 bits per heavy atom. The fraction of sp³-hybridized carbons (Fsp3) is 0.900. The smallest absolute Gasteiger partial charge is 0.237 e. The van der Waals surface area contributed by atoms with E-state index >= 15 is 0 Å². The van der Waals surface area contributed by atoms with E-state index in [-0.39, 0.29) is 0 Å². The minimum Gasteiger partial charge on any atom is -0.337 e.